The van der Waals surface area contributed by atoms with Crippen molar-refractivity contribution in [3.8, 4) is 0 Å². The molecule has 0 aromatic heterocycles. The van der Waals surface area contributed by atoms with Crippen LogP contribution in [0.3, 0.4) is 0 Å². The molecule has 5 heteroatoms. The standard InChI is InChI=1S/C11H20O4S/c1-8(9(12)14-4)6-16-7-11(2,3)10(13)15-5/h8H,6-7H2,1-5H3. The molecule has 16 heavy (non-hydrogen) atoms. The predicted molar refractivity (Wildman–Crippen MR) is 64.3 cm³/mol. The normalized spacial score (nSPS) is 13.1. The molecular formula is C11H20O4S. The second-order valence-corrected chi connectivity index (χ2v) is 5.35. The van der Waals surface area contributed by atoms with Gasteiger partial charge in [-0.3, -0.25) is 9.59 Å². The van der Waals surface area contributed by atoms with Crippen molar-refractivity contribution in [2.75, 3.05) is 25.7 Å². The molecule has 4 nitrogen and oxygen atoms in total. The molecule has 0 aliphatic heterocycles. The van der Waals surface area contributed by atoms with E-state index in [1.807, 2.05) is 20.8 Å². The summed E-state index contributed by atoms with van der Waals surface area (Å²) in [6.45, 7) is 5.47. The fourth-order valence-corrected chi connectivity index (χ4v) is 2.33. The number of esters is 2. The lowest BCUT2D eigenvalue weighted by Crippen LogP contribution is -2.28. The number of rotatable bonds is 6. The van der Waals surface area contributed by atoms with Crippen LogP contribution in [-0.4, -0.2) is 37.7 Å². The zero-order chi connectivity index (χ0) is 12.8. The van der Waals surface area contributed by atoms with Gasteiger partial charge >= 0.3 is 11.9 Å². The summed E-state index contributed by atoms with van der Waals surface area (Å²) >= 11 is 1.55. The van der Waals surface area contributed by atoms with Gasteiger partial charge in [0.15, 0.2) is 0 Å². The van der Waals surface area contributed by atoms with Gasteiger partial charge in [0.05, 0.1) is 25.6 Å². The molecule has 0 fully saturated rings. The number of thioether (sulfide) groups is 1. The Morgan fingerprint density at radius 1 is 1.25 bits per heavy atom. The Kier molecular flexibility index (Phi) is 6.48. The number of carbonyl (C=O) groups excluding carboxylic acids is 2. The summed E-state index contributed by atoms with van der Waals surface area (Å²) in [6.07, 6.45) is 0. The van der Waals surface area contributed by atoms with E-state index >= 15 is 0 Å². The van der Waals surface area contributed by atoms with Crippen LogP contribution in [0.5, 0.6) is 0 Å². The third kappa shape index (κ3) is 4.88. The average Bonchev–Trinajstić information content (AvgIpc) is 2.26. The largest absolute Gasteiger partial charge is 0.469 e. The number of ether oxygens (including phenoxy) is 2. The Morgan fingerprint density at radius 3 is 2.25 bits per heavy atom. The van der Waals surface area contributed by atoms with Crippen LogP contribution in [-0.2, 0) is 19.1 Å². The predicted octanol–water partition coefficient (Wildman–Crippen LogP) is 1.73. The number of hydrogen-bond acceptors (Lipinski definition) is 5. The van der Waals surface area contributed by atoms with E-state index in [0.29, 0.717) is 11.5 Å². The van der Waals surface area contributed by atoms with Crippen molar-refractivity contribution in [3.63, 3.8) is 0 Å². The van der Waals surface area contributed by atoms with Gasteiger partial charge in [0, 0.05) is 11.5 Å². The smallest absolute Gasteiger partial charge is 0.312 e. The van der Waals surface area contributed by atoms with E-state index in [2.05, 4.69) is 4.74 Å². The molecule has 0 spiro atoms. The molecule has 0 saturated carbocycles. The van der Waals surface area contributed by atoms with E-state index in [-0.39, 0.29) is 17.9 Å². The summed E-state index contributed by atoms with van der Waals surface area (Å²) in [4.78, 5) is 22.5. The van der Waals surface area contributed by atoms with Gasteiger partial charge < -0.3 is 9.47 Å². The molecule has 0 amide bonds. The molecule has 0 aliphatic carbocycles. The van der Waals surface area contributed by atoms with Crippen LogP contribution in [0.25, 0.3) is 0 Å². The highest BCUT2D eigenvalue weighted by atomic mass is 32.2. The fourth-order valence-electron chi connectivity index (χ4n) is 1.10. The second-order valence-electron chi connectivity index (χ2n) is 4.31. The summed E-state index contributed by atoms with van der Waals surface area (Å²) in [7, 11) is 2.76. The Morgan fingerprint density at radius 2 is 1.81 bits per heavy atom. The van der Waals surface area contributed by atoms with E-state index in [9.17, 15) is 9.59 Å². The number of hydrogen-bond donors (Lipinski definition) is 0. The average molecular weight is 248 g/mol. The molecule has 0 aromatic carbocycles. The van der Waals surface area contributed by atoms with Gasteiger partial charge in [-0.2, -0.15) is 11.8 Å². The van der Waals surface area contributed by atoms with Crippen LogP contribution in [0.1, 0.15) is 20.8 Å². The first-order valence-corrected chi connectivity index (χ1v) is 6.24. The van der Waals surface area contributed by atoms with Gasteiger partial charge in [0.2, 0.25) is 0 Å². The molecule has 0 saturated heterocycles. The lowest BCUT2D eigenvalue weighted by atomic mass is 9.97. The monoisotopic (exact) mass is 248 g/mol. The van der Waals surface area contributed by atoms with Crippen LogP contribution in [0.2, 0.25) is 0 Å². The third-order valence-electron chi connectivity index (χ3n) is 2.17. The van der Waals surface area contributed by atoms with Gasteiger partial charge in [0.25, 0.3) is 0 Å². The summed E-state index contributed by atoms with van der Waals surface area (Å²) in [5, 5.41) is 0. The van der Waals surface area contributed by atoms with E-state index in [0.717, 1.165) is 0 Å². The van der Waals surface area contributed by atoms with Crippen molar-refractivity contribution in [2.45, 2.75) is 20.8 Å². The third-order valence-corrected chi connectivity index (χ3v) is 3.83. The molecule has 1 atom stereocenters. The zero-order valence-corrected chi connectivity index (χ0v) is 11.3. The summed E-state index contributed by atoms with van der Waals surface area (Å²) < 4.78 is 9.32. The van der Waals surface area contributed by atoms with Crippen LogP contribution in [0.4, 0.5) is 0 Å². The lowest BCUT2D eigenvalue weighted by Gasteiger charge is -2.21. The first kappa shape index (κ1) is 15.3. The van der Waals surface area contributed by atoms with Crippen molar-refractivity contribution in [1.29, 1.82) is 0 Å². The maximum atomic E-state index is 11.4. The number of methoxy groups -OCH3 is 2. The summed E-state index contributed by atoms with van der Waals surface area (Å²) in [5.74, 6) is 0.672. The van der Waals surface area contributed by atoms with Crippen molar-refractivity contribution >= 4 is 23.7 Å². The van der Waals surface area contributed by atoms with Gasteiger partial charge in [-0.05, 0) is 13.8 Å². The van der Waals surface area contributed by atoms with Crippen LogP contribution in [0.15, 0.2) is 0 Å². The minimum atomic E-state index is -0.519. The molecule has 0 aliphatic rings. The quantitative estimate of drug-likeness (QED) is 0.670. The second kappa shape index (κ2) is 6.78. The Bertz CT molecular complexity index is 250. The van der Waals surface area contributed by atoms with E-state index in [1.54, 1.807) is 11.8 Å². The van der Waals surface area contributed by atoms with Crippen molar-refractivity contribution in [2.24, 2.45) is 11.3 Å². The van der Waals surface area contributed by atoms with Crippen molar-refractivity contribution in [3.05, 3.63) is 0 Å². The van der Waals surface area contributed by atoms with Gasteiger partial charge in [-0.15, -0.1) is 0 Å². The van der Waals surface area contributed by atoms with E-state index in [1.165, 1.54) is 14.2 Å². The van der Waals surface area contributed by atoms with E-state index < -0.39 is 5.41 Å². The van der Waals surface area contributed by atoms with E-state index in [4.69, 9.17) is 4.74 Å². The molecular weight excluding hydrogens is 228 g/mol. The molecule has 0 aromatic rings. The highest BCUT2D eigenvalue weighted by molar-refractivity contribution is 7.99. The highest BCUT2D eigenvalue weighted by Gasteiger charge is 2.29. The summed E-state index contributed by atoms with van der Waals surface area (Å²) in [6, 6.07) is 0. The van der Waals surface area contributed by atoms with Gasteiger partial charge in [-0.1, -0.05) is 6.92 Å². The maximum Gasteiger partial charge on any atom is 0.312 e. The molecule has 0 radical (unpaired) electrons. The fraction of sp³-hybridized carbons (Fsp3) is 0.818. The van der Waals surface area contributed by atoms with Crippen LogP contribution < -0.4 is 0 Å². The van der Waals surface area contributed by atoms with Gasteiger partial charge in [-0.25, -0.2) is 0 Å². The minimum absolute atomic E-state index is 0.150. The first-order valence-electron chi connectivity index (χ1n) is 5.09. The lowest BCUT2D eigenvalue weighted by molar-refractivity contribution is -0.149. The minimum Gasteiger partial charge on any atom is -0.469 e. The molecule has 0 N–H and O–H groups in total. The van der Waals surface area contributed by atoms with Crippen molar-refractivity contribution < 1.29 is 19.1 Å². The Labute approximate surface area is 101 Å². The van der Waals surface area contributed by atoms with Crippen LogP contribution >= 0.6 is 11.8 Å². The molecule has 0 bridgehead atoms. The zero-order valence-electron chi connectivity index (χ0n) is 10.5. The first-order chi connectivity index (χ1) is 7.35. The number of carbonyl (C=O) groups is 2. The Hall–Kier alpha value is -0.710. The van der Waals surface area contributed by atoms with Crippen LogP contribution in [0, 0.1) is 11.3 Å². The Balaban J connectivity index is 3.98. The maximum absolute atomic E-state index is 11.4. The highest BCUT2D eigenvalue weighted by Crippen LogP contribution is 2.24. The topological polar surface area (TPSA) is 52.6 Å². The van der Waals surface area contributed by atoms with Gasteiger partial charge in [0.1, 0.15) is 0 Å². The molecule has 94 valence electrons. The summed E-state index contributed by atoms with van der Waals surface area (Å²) in [5.41, 5.74) is -0.519. The van der Waals surface area contributed by atoms with Crippen molar-refractivity contribution in [1.82, 2.24) is 0 Å². The molecule has 0 heterocycles. The molecule has 1 unspecified atom stereocenters. The molecule has 0 rings (SSSR count). The SMILES string of the molecule is COC(=O)C(C)CSCC(C)(C)C(=O)OC.